The summed E-state index contributed by atoms with van der Waals surface area (Å²) < 4.78 is 13.8. The summed E-state index contributed by atoms with van der Waals surface area (Å²) in [5.74, 6) is -0.292. The van der Waals surface area contributed by atoms with Crippen LogP contribution in [-0.2, 0) is 6.42 Å². The van der Waals surface area contributed by atoms with Crippen LogP contribution >= 0.6 is 11.3 Å². The molecule has 5 heteroatoms. The Morgan fingerprint density at radius 2 is 2.29 bits per heavy atom. The fraction of sp³-hybridized carbons (Fsp3) is 0.250. The van der Waals surface area contributed by atoms with Crippen LogP contribution in [0.2, 0.25) is 0 Å². The molecule has 17 heavy (non-hydrogen) atoms. The average Bonchev–Trinajstić information content (AvgIpc) is 2.85. The van der Waals surface area contributed by atoms with Gasteiger partial charge in [-0.05, 0) is 23.6 Å². The van der Waals surface area contributed by atoms with Crippen LogP contribution in [0.3, 0.4) is 0 Å². The number of aliphatic hydroxyl groups excluding tert-OH is 1. The lowest BCUT2D eigenvalue weighted by atomic mass is 10.0. The summed E-state index contributed by atoms with van der Waals surface area (Å²) >= 11 is 1.47. The normalized spacial score (nSPS) is 12.6. The molecule has 0 radical (unpaired) electrons. The van der Waals surface area contributed by atoms with E-state index < -0.39 is 6.04 Å². The number of thiazole rings is 1. The highest BCUT2D eigenvalue weighted by atomic mass is 32.1. The van der Waals surface area contributed by atoms with Gasteiger partial charge in [0.2, 0.25) is 0 Å². The molecule has 1 aromatic heterocycles. The second-order valence-corrected chi connectivity index (χ2v) is 4.70. The van der Waals surface area contributed by atoms with Gasteiger partial charge in [-0.1, -0.05) is 12.1 Å². The summed E-state index contributed by atoms with van der Waals surface area (Å²) in [7, 11) is 0. The number of rotatable bonds is 4. The molecule has 0 spiro atoms. The van der Waals surface area contributed by atoms with Crippen molar-refractivity contribution in [1.82, 2.24) is 4.98 Å². The van der Waals surface area contributed by atoms with Crippen LogP contribution < -0.4 is 5.73 Å². The van der Waals surface area contributed by atoms with E-state index >= 15 is 0 Å². The average molecular weight is 252 g/mol. The number of hydrogen-bond donors (Lipinski definition) is 2. The van der Waals surface area contributed by atoms with E-state index in [1.165, 1.54) is 17.4 Å². The Hall–Kier alpha value is -1.30. The summed E-state index contributed by atoms with van der Waals surface area (Å²) in [6, 6.07) is 4.61. The highest BCUT2D eigenvalue weighted by Gasteiger charge is 2.09. The third-order valence-electron chi connectivity index (χ3n) is 2.49. The zero-order valence-electron chi connectivity index (χ0n) is 9.14. The molecular formula is C12H13FN2OS. The van der Waals surface area contributed by atoms with E-state index in [1.54, 1.807) is 17.8 Å². The smallest absolute Gasteiger partial charge is 0.127 e. The van der Waals surface area contributed by atoms with Crippen LogP contribution in [0.25, 0.3) is 10.4 Å². The largest absolute Gasteiger partial charge is 0.395 e. The lowest BCUT2D eigenvalue weighted by Crippen LogP contribution is -2.27. The van der Waals surface area contributed by atoms with E-state index in [9.17, 15) is 4.39 Å². The lowest BCUT2D eigenvalue weighted by Gasteiger charge is -2.09. The van der Waals surface area contributed by atoms with Crippen molar-refractivity contribution in [3.8, 4) is 10.4 Å². The summed E-state index contributed by atoms with van der Waals surface area (Å²) in [6.07, 6.45) is 2.05. The predicted molar refractivity (Wildman–Crippen MR) is 66.3 cm³/mol. The molecule has 0 fully saturated rings. The topological polar surface area (TPSA) is 59.1 Å². The third kappa shape index (κ3) is 2.88. The number of aliphatic hydroxyl groups is 1. The number of halogens is 1. The van der Waals surface area contributed by atoms with Crippen molar-refractivity contribution in [2.24, 2.45) is 5.73 Å². The molecule has 1 heterocycles. The van der Waals surface area contributed by atoms with Crippen molar-refractivity contribution in [3.63, 3.8) is 0 Å². The molecule has 2 rings (SSSR count). The molecule has 2 aromatic rings. The van der Waals surface area contributed by atoms with Crippen LogP contribution in [0.1, 0.15) is 5.56 Å². The molecule has 90 valence electrons. The molecule has 0 bridgehead atoms. The minimum absolute atomic E-state index is 0.143. The number of aromatic nitrogens is 1. The molecule has 0 amide bonds. The molecule has 0 unspecified atom stereocenters. The molecule has 0 aliphatic rings. The number of nitrogens with zero attached hydrogens (tertiary/aromatic N) is 1. The molecule has 0 aliphatic carbocycles. The van der Waals surface area contributed by atoms with Gasteiger partial charge in [0.15, 0.2) is 0 Å². The third-order valence-corrected chi connectivity index (χ3v) is 3.31. The number of benzene rings is 1. The van der Waals surface area contributed by atoms with Gasteiger partial charge in [-0.15, -0.1) is 11.3 Å². The van der Waals surface area contributed by atoms with Gasteiger partial charge in [0, 0.05) is 12.2 Å². The van der Waals surface area contributed by atoms with E-state index in [1.807, 2.05) is 6.07 Å². The van der Waals surface area contributed by atoms with E-state index in [4.69, 9.17) is 10.8 Å². The summed E-state index contributed by atoms with van der Waals surface area (Å²) in [4.78, 5) is 4.89. The van der Waals surface area contributed by atoms with Crippen LogP contribution in [0, 0.1) is 5.82 Å². The van der Waals surface area contributed by atoms with Crippen LogP contribution in [0.5, 0.6) is 0 Å². The van der Waals surface area contributed by atoms with E-state index in [0.717, 1.165) is 10.4 Å². The first kappa shape index (κ1) is 12.2. The molecular weight excluding hydrogens is 239 g/mol. The van der Waals surface area contributed by atoms with Gasteiger partial charge in [-0.3, -0.25) is 4.98 Å². The Balaban J connectivity index is 2.23. The standard InChI is InChI=1S/C12H13FN2OS/c13-11-4-9(12-5-15-7-17-12)2-1-8(11)3-10(14)6-16/h1-2,4-5,7,10,16H,3,6,14H2/t10-/m0/s1. The zero-order valence-corrected chi connectivity index (χ0v) is 9.95. The Morgan fingerprint density at radius 3 is 2.88 bits per heavy atom. The lowest BCUT2D eigenvalue weighted by molar-refractivity contribution is 0.264. The Kier molecular flexibility index (Phi) is 3.83. The first-order valence-corrected chi connectivity index (χ1v) is 6.12. The maximum atomic E-state index is 13.8. The molecule has 0 saturated heterocycles. The number of hydrogen-bond acceptors (Lipinski definition) is 4. The van der Waals surface area contributed by atoms with Crippen LogP contribution in [0.15, 0.2) is 29.9 Å². The fourth-order valence-corrected chi connectivity index (χ4v) is 2.19. The molecule has 1 atom stereocenters. The summed E-state index contributed by atoms with van der Waals surface area (Å²) in [5, 5.41) is 8.84. The van der Waals surface area contributed by atoms with Crippen molar-refractivity contribution in [2.45, 2.75) is 12.5 Å². The van der Waals surface area contributed by atoms with Gasteiger partial charge in [0.1, 0.15) is 5.82 Å². The van der Waals surface area contributed by atoms with Gasteiger partial charge in [-0.2, -0.15) is 0 Å². The molecule has 3 N–H and O–H groups in total. The van der Waals surface area contributed by atoms with Gasteiger partial charge in [-0.25, -0.2) is 4.39 Å². The first-order chi connectivity index (χ1) is 8.20. The van der Waals surface area contributed by atoms with Crippen molar-refractivity contribution in [3.05, 3.63) is 41.3 Å². The van der Waals surface area contributed by atoms with E-state index in [-0.39, 0.29) is 12.4 Å². The minimum atomic E-state index is -0.418. The predicted octanol–water partition coefficient (Wildman–Crippen LogP) is 1.81. The Bertz CT molecular complexity index is 487. The van der Waals surface area contributed by atoms with Gasteiger partial charge in [0.05, 0.1) is 17.0 Å². The van der Waals surface area contributed by atoms with E-state index in [0.29, 0.717) is 12.0 Å². The van der Waals surface area contributed by atoms with Crippen molar-refractivity contribution >= 4 is 11.3 Å². The monoisotopic (exact) mass is 252 g/mol. The SMILES string of the molecule is N[C@H](CO)Cc1ccc(-c2cncs2)cc1F. The van der Waals surface area contributed by atoms with Gasteiger partial charge in [0.25, 0.3) is 0 Å². The van der Waals surface area contributed by atoms with Crippen LogP contribution in [0.4, 0.5) is 4.39 Å². The summed E-state index contributed by atoms with van der Waals surface area (Å²) in [5.41, 5.74) is 8.63. The maximum Gasteiger partial charge on any atom is 0.127 e. The van der Waals surface area contributed by atoms with E-state index in [2.05, 4.69) is 4.98 Å². The van der Waals surface area contributed by atoms with Crippen molar-refractivity contribution in [2.75, 3.05) is 6.61 Å². The van der Waals surface area contributed by atoms with Crippen molar-refractivity contribution in [1.29, 1.82) is 0 Å². The second-order valence-electron chi connectivity index (χ2n) is 3.82. The van der Waals surface area contributed by atoms with Gasteiger partial charge < -0.3 is 10.8 Å². The first-order valence-electron chi connectivity index (χ1n) is 5.24. The number of nitrogens with two attached hydrogens (primary N) is 1. The fourth-order valence-electron chi connectivity index (χ4n) is 1.57. The second kappa shape index (κ2) is 5.35. The Labute approximate surface area is 103 Å². The highest BCUT2D eigenvalue weighted by molar-refractivity contribution is 7.13. The Morgan fingerprint density at radius 1 is 1.47 bits per heavy atom. The molecule has 3 nitrogen and oxygen atoms in total. The quantitative estimate of drug-likeness (QED) is 0.872. The molecule has 0 saturated carbocycles. The van der Waals surface area contributed by atoms with Crippen LogP contribution in [-0.4, -0.2) is 22.7 Å². The summed E-state index contributed by atoms with van der Waals surface area (Å²) in [6.45, 7) is -0.143. The molecule has 0 aliphatic heterocycles. The highest BCUT2D eigenvalue weighted by Crippen LogP contribution is 2.25. The van der Waals surface area contributed by atoms with Crippen molar-refractivity contribution < 1.29 is 9.50 Å². The molecule has 1 aromatic carbocycles. The zero-order chi connectivity index (χ0) is 12.3. The maximum absolute atomic E-state index is 13.8. The minimum Gasteiger partial charge on any atom is -0.395 e. The van der Waals surface area contributed by atoms with Gasteiger partial charge >= 0.3 is 0 Å².